The summed E-state index contributed by atoms with van der Waals surface area (Å²) in [4.78, 5) is 36.8. The number of benzene rings is 1. The molecule has 0 saturated carbocycles. The van der Waals surface area contributed by atoms with Crippen LogP contribution in [0.2, 0.25) is 0 Å². The Balaban J connectivity index is 2.75. The molecule has 0 heterocycles. The highest BCUT2D eigenvalue weighted by molar-refractivity contribution is 5.73. The number of ether oxygens (including phenoxy) is 3. The average molecular weight is 379 g/mol. The fourth-order valence-corrected chi connectivity index (χ4v) is 2.49. The molecule has 0 fully saturated rings. The number of anilines is 1. The van der Waals surface area contributed by atoms with E-state index in [0.717, 1.165) is 11.3 Å². The van der Waals surface area contributed by atoms with Crippen LogP contribution in [-0.4, -0.2) is 50.8 Å². The predicted octanol–water partition coefficient (Wildman–Crippen LogP) is 2.51. The van der Waals surface area contributed by atoms with Gasteiger partial charge in [0.15, 0.2) is 0 Å². The van der Waals surface area contributed by atoms with Crippen molar-refractivity contribution >= 4 is 23.6 Å². The molecule has 0 amide bonds. The van der Waals surface area contributed by atoms with Crippen LogP contribution in [0.15, 0.2) is 24.3 Å². The van der Waals surface area contributed by atoms with Gasteiger partial charge in [0.2, 0.25) is 0 Å². The lowest BCUT2D eigenvalue weighted by molar-refractivity contribution is -0.143. The van der Waals surface area contributed by atoms with Gasteiger partial charge in [0.05, 0.1) is 39.1 Å². The summed E-state index contributed by atoms with van der Waals surface area (Å²) in [7, 11) is 0. The Bertz CT molecular complexity index is 577. The van der Waals surface area contributed by atoms with Crippen molar-refractivity contribution in [3.8, 4) is 0 Å². The fraction of sp³-hybridized carbons (Fsp3) is 0.550. The van der Waals surface area contributed by atoms with Gasteiger partial charge in [0.25, 0.3) is 0 Å². The first-order chi connectivity index (χ1) is 13.0. The number of hydrogen-bond donors (Lipinski definition) is 0. The van der Waals surface area contributed by atoms with Crippen LogP contribution in [0.3, 0.4) is 0 Å². The Labute approximate surface area is 160 Å². The van der Waals surface area contributed by atoms with Crippen molar-refractivity contribution in [2.45, 2.75) is 40.0 Å². The third-order valence-corrected chi connectivity index (χ3v) is 3.74. The van der Waals surface area contributed by atoms with Crippen LogP contribution in [-0.2, 0) is 35.0 Å². The summed E-state index contributed by atoms with van der Waals surface area (Å²) in [6.07, 6.45) is 0.655. The quantitative estimate of drug-likeness (QED) is 0.408. The van der Waals surface area contributed by atoms with Crippen molar-refractivity contribution < 1.29 is 28.6 Å². The lowest BCUT2D eigenvalue weighted by Gasteiger charge is -2.24. The highest BCUT2D eigenvalue weighted by Gasteiger charge is 2.13. The molecule has 0 aliphatic carbocycles. The minimum atomic E-state index is -0.280. The molecule has 0 saturated heterocycles. The molecule has 0 aliphatic rings. The first-order valence-corrected chi connectivity index (χ1v) is 9.30. The summed E-state index contributed by atoms with van der Waals surface area (Å²) in [6, 6.07) is 7.41. The maximum Gasteiger partial charge on any atom is 0.310 e. The van der Waals surface area contributed by atoms with Gasteiger partial charge in [-0.3, -0.25) is 14.4 Å². The van der Waals surface area contributed by atoms with E-state index in [4.69, 9.17) is 14.2 Å². The average Bonchev–Trinajstić information content (AvgIpc) is 2.63. The first kappa shape index (κ1) is 22.5. The van der Waals surface area contributed by atoms with Crippen LogP contribution in [0.25, 0.3) is 0 Å². The summed E-state index contributed by atoms with van der Waals surface area (Å²) in [6.45, 7) is 7.18. The van der Waals surface area contributed by atoms with Crippen molar-refractivity contribution in [1.82, 2.24) is 0 Å². The Kier molecular flexibility index (Phi) is 10.6. The second kappa shape index (κ2) is 12.7. The third-order valence-electron chi connectivity index (χ3n) is 3.74. The van der Waals surface area contributed by atoms with Crippen molar-refractivity contribution in [3.63, 3.8) is 0 Å². The lowest BCUT2D eigenvalue weighted by atomic mass is 10.1. The van der Waals surface area contributed by atoms with Crippen molar-refractivity contribution in [1.29, 1.82) is 0 Å². The van der Waals surface area contributed by atoms with Gasteiger partial charge in [-0.05, 0) is 38.5 Å². The minimum Gasteiger partial charge on any atom is -0.466 e. The number of carbonyl (C=O) groups excluding carboxylic acids is 3. The summed E-state index contributed by atoms with van der Waals surface area (Å²) < 4.78 is 14.9. The summed E-state index contributed by atoms with van der Waals surface area (Å²) in [5, 5.41) is 0. The monoisotopic (exact) mass is 379 g/mol. The molecule has 0 unspecified atom stereocenters. The maximum absolute atomic E-state index is 11.7. The van der Waals surface area contributed by atoms with Crippen LogP contribution in [0.5, 0.6) is 0 Å². The maximum atomic E-state index is 11.7. The van der Waals surface area contributed by atoms with Crippen molar-refractivity contribution in [2.75, 3.05) is 37.8 Å². The van der Waals surface area contributed by atoms with E-state index in [1.165, 1.54) is 0 Å². The first-order valence-electron chi connectivity index (χ1n) is 9.30. The number of carbonyl (C=O) groups is 3. The highest BCUT2D eigenvalue weighted by Crippen LogP contribution is 2.17. The number of rotatable bonds is 12. The van der Waals surface area contributed by atoms with E-state index >= 15 is 0 Å². The molecule has 0 radical (unpaired) electrons. The van der Waals surface area contributed by atoms with Crippen LogP contribution in [0, 0.1) is 0 Å². The van der Waals surface area contributed by atoms with Gasteiger partial charge in [0.1, 0.15) is 0 Å². The van der Waals surface area contributed by atoms with Gasteiger partial charge >= 0.3 is 17.9 Å². The minimum absolute atomic E-state index is 0.208. The zero-order valence-electron chi connectivity index (χ0n) is 16.4. The van der Waals surface area contributed by atoms with Crippen LogP contribution >= 0.6 is 0 Å². The Hall–Kier alpha value is -2.57. The molecule has 27 heavy (non-hydrogen) atoms. The van der Waals surface area contributed by atoms with E-state index in [-0.39, 0.29) is 37.2 Å². The van der Waals surface area contributed by atoms with Gasteiger partial charge in [-0.2, -0.15) is 0 Å². The van der Waals surface area contributed by atoms with E-state index < -0.39 is 0 Å². The molecule has 1 aromatic rings. The summed E-state index contributed by atoms with van der Waals surface area (Å²) in [5.74, 6) is -0.832. The topological polar surface area (TPSA) is 82.1 Å². The van der Waals surface area contributed by atoms with Gasteiger partial charge in [0, 0.05) is 18.8 Å². The van der Waals surface area contributed by atoms with E-state index in [0.29, 0.717) is 32.9 Å². The molecular weight excluding hydrogens is 350 g/mol. The summed E-state index contributed by atoms with van der Waals surface area (Å²) in [5.41, 5.74) is 1.70. The van der Waals surface area contributed by atoms with Crippen LogP contribution in [0.4, 0.5) is 5.69 Å². The highest BCUT2D eigenvalue weighted by atomic mass is 16.5. The molecule has 150 valence electrons. The SMILES string of the molecule is CCOC(=O)CCN(CCC(=O)OCC)c1ccc(CC(=O)OCC)cc1. The van der Waals surface area contributed by atoms with Gasteiger partial charge in [-0.1, -0.05) is 12.1 Å². The molecule has 0 aliphatic heterocycles. The van der Waals surface area contributed by atoms with Crippen molar-refractivity contribution in [3.05, 3.63) is 29.8 Å². The van der Waals surface area contributed by atoms with E-state index in [1.54, 1.807) is 20.8 Å². The second-order valence-corrected chi connectivity index (χ2v) is 5.75. The van der Waals surface area contributed by atoms with Gasteiger partial charge in [-0.25, -0.2) is 0 Å². The van der Waals surface area contributed by atoms with Crippen molar-refractivity contribution in [2.24, 2.45) is 0 Å². The summed E-state index contributed by atoms with van der Waals surface area (Å²) >= 11 is 0. The molecule has 7 nitrogen and oxygen atoms in total. The van der Waals surface area contributed by atoms with E-state index in [2.05, 4.69) is 0 Å². The Morgan fingerprint density at radius 1 is 0.741 bits per heavy atom. The number of esters is 3. The standard InChI is InChI=1S/C20H29NO6/c1-4-25-18(22)11-13-21(14-12-19(23)26-5-2)17-9-7-16(8-10-17)15-20(24)27-6-3/h7-10H,4-6,11-15H2,1-3H3. The van der Waals surface area contributed by atoms with Crippen LogP contribution in [0.1, 0.15) is 39.2 Å². The molecule has 7 heteroatoms. The zero-order valence-corrected chi connectivity index (χ0v) is 16.4. The normalized spacial score (nSPS) is 10.2. The second-order valence-electron chi connectivity index (χ2n) is 5.75. The van der Waals surface area contributed by atoms with Crippen LogP contribution < -0.4 is 4.90 Å². The Morgan fingerprint density at radius 3 is 1.63 bits per heavy atom. The predicted molar refractivity (Wildman–Crippen MR) is 101 cm³/mol. The number of hydrogen-bond acceptors (Lipinski definition) is 7. The third kappa shape index (κ3) is 9.08. The number of nitrogens with zero attached hydrogens (tertiary/aromatic N) is 1. The molecule has 1 aromatic carbocycles. The molecule has 0 aromatic heterocycles. The largest absolute Gasteiger partial charge is 0.466 e. The molecular formula is C20H29NO6. The molecule has 1 rings (SSSR count). The van der Waals surface area contributed by atoms with Gasteiger partial charge < -0.3 is 19.1 Å². The molecule has 0 bridgehead atoms. The van der Waals surface area contributed by atoms with E-state index in [1.807, 2.05) is 29.2 Å². The fourth-order valence-electron chi connectivity index (χ4n) is 2.49. The molecule has 0 N–H and O–H groups in total. The Morgan fingerprint density at radius 2 is 1.19 bits per heavy atom. The smallest absolute Gasteiger partial charge is 0.310 e. The molecule has 0 spiro atoms. The van der Waals surface area contributed by atoms with E-state index in [9.17, 15) is 14.4 Å². The lowest BCUT2D eigenvalue weighted by Crippen LogP contribution is -2.29. The molecule has 0 atom stereocenters. The van der Waals surface area contributed by atoms with Gasteiger partial charge in [-0.15, -0.1) is 0 Å². The zero-order chi connectivity index (χ0) is 20.1.